The van der Waals surface area contributed by atoms with Crippen LogP contribution >= 0.6 is 11.6 Å². The summed E-state index contributed by atoms with van der Waals surface area (Å²) in [5, 5.41) is 30.6. The summed E-state index contributed by atoms with van der Waals surface area (Å²) in [7, 11) is 0. The summed E-state index contributed by atoms with van der Waals surface area (Å²) in [6.45, 7) is 1.52. The Morgan fingerprint density at radius 3 is 2.48 bits per heavy atom. The molecule has 0 aliphatic carbocycles. The van der Waals surface area contributed by atoms with Gasteiger partial charge in [-0.15, -0.1) is 0 Å². The van der Waals surface area contributed by atoms with Crippen molar-refractivity contribution in [3.63, 3.8) is 0 Å². The molecule has 0 spiro atoms. The van der Waals surface area contributed by atoms with Crippen LogP contribution in [0.5, 0.6) is 0 Å². The third kappa shape index (κ3) is 4.23. The average molecular weight is 437 g/mol. The zero-order chi connectivity index (χ0) is 22.6. The van der Waals surface area contributed by atoms with Gasteiger partial charge in [0.1, 0.15) is 11.3 Å². The van der Waals surface area contributed by atoms with E-state index >= 15 is 0 Å². The third-order valence-corrected chi connectivity index (χ3v) is 5.95. The SMILES string of the molecule is CC1=NC(C#N)C(CC=Cc2ccccc2)(C(=O)O)C(c2cccc(Cl)c2)C1C(=O)O. The average Bonchev–Trinajstić information content (AvgIpc) is 2.74. The molecular formula is C24H21ClN2O4. The molecule has 1 heterocycles. The number of hydrogen-bond donors (Lipinski definition) is 2. The smallest absolute Gasteiger partial charge is 0.313 e. The molecule has 1 aliphatic heterocycles. The van der Waals surface area contributed by atoms with E-state index in [9.17, 15) is 25.1 Å². The Balaban J connectivity index is 2.21. The lowest BCUT2D eigenvalue weighted by molar-refractivity contribution is -0.154. The number of nitrogens with zero attached hydrogens (tertiary/aromatic N) is 2. The minimum absolute atomic E-state index is 0.0762. The fourth-order valence-corrected chi connectivity index (χ4v) is 4.49. The summed E-state index contributed by atoms with van der Waals surface area (Å²) in [6.07, 6.45) is 3.35. The van der Waals surface area contributed by atoms with Gasteiger partial charge in [-0.1, -0.05) is 66.2 Å². The van der Waals surface area contributed by atoms with Gasteiger partial charge >= 0.3 is 11.9 Å². The van der Waals surface area contributed by atoms with Gasteiger partial charge in [0.25, 0.3) is 0 Å². The van der Waals surface area contributed by atoms with Gasteiger partial charge in [0.15, 0.2) is 6.04 Å². The van der Waals surface area contributed by atoms with E-state index < -0.39 is 35.2 Å². The van der Waals surface area contributed by atoms with Crippen LogP contribution in [0.3, 0.4) is 0 Å². The van der Waals surface area contributed by atoms with Gasteiger partial charge in [0, 0.05) is 16.7 Å². The van der Waals surface area contributed by atoms with E-state index in [1.165, 1.54) is 6.92 Å². The number of aliphatic carboxylic acids is 2. The monoisotopic (exact) mass is 436 g/mol. The molecule has 31 heavy (non-hydrogen) atoms. The second-order valence-corrected chi connectivity index (χ2v) is 7.95. The van der Waals surface area contributed by atoms with Crippen LogP contribution in [0.25, 0.3) is 6.08 Å². The highest BCUT2D eigenvalue weighted by molar-refractivity contribution is 6.30. The zero-order valence-electron chi connectivity index (χ0n) is 16.8. The van der Waals surface area contributed by atoms with Gasteiger partial charge in [0.2, 0.25) is 0 Å². The quantitative estimate of drug-likeness (QED) is 0.683. The summed E-state index contributed by atoms with van der Waals surface area (Å²) in [4.78, 5) is 29.2. The highest BCUT2D eigenvalue weighted by Gasteiger charge is 2.59. The van der Waals surface area contributed by atoms with Crippen molar-refractivity contribution < 1.29 is 19.8 Å². The standard InChI is InChI=1S/C24H21ClN2O4/c1-15-20(22(28)29)21(17-10-5-11-18(25)13-17)24(23(30)31,19(14-26)27-15)12-6-9-16-7-3-2-4-8-16/h2-11,13,19-21H,12H2,1H3,(H,28,29)(H,30,31). The van der Waals surface area contributed by atoms with E-state index in [1.807, 2.05) is 36.4 Å². The van der Waals surface area contributed by atoms with Gasteiger partial charge in [-0.3, -0.25) is 14.6 Å². The van der Waals surface area contributed by atoms with E-state index in [4.69, 9.17) is 11.6 Å². The molecular weight excluding hydrogens is 416 g/mol. The van der Waals surface area contributed by atoms with Crippen molar-refractivity contribution in [3.05, 3.63) is 76.8 Å². The molecule has 0 radical (unpaired) electrons. The van der Waals surface area contributed by atoms with Crippen molar-refractivity contribution >= 4 is 35.3 Å². The Labute approximate surface area is 185 Å². The number of benzene rings is 2. The molecule has 2 aromatic carbocycles. The van der Waals surface area contributed by atoms with Crippen LogP contribution in [-0.2, 0) is 9.59 Å². The number of hydrogen-bond acceptors (Lipinski definition) is 4. The summed E-state index contributed by atoms with van der Waals surface area (Å²) in [5.74, 6) is -4.71. The first-order chi connectivity index (χ1) is 14.8. The molecule has 6 nitrogen and oxygen atoms in total. The predicted molar refractivity (Wildman–Crippen MR) is 118 cm³/mol. The van der Waals surface area contributed by atoms with Crippen LogP contribution in [0.4, 0.5) is 0 Å². The zero-order valence-corrected chi connectivity index (χ0v) is 17.5. The van der Waals surface area contributed by atoms with Crippen molar-refractivity contribution in [2.24, 2.45) is 16.3 Å². The summed E-state index contributed by atoms with van der Waals surface area (Å²) >= 11 is 6.15. The molecule has 4 atom stereocenters. The van der Waals surface area contributed by atoms with Crippen LogP contribution in [-0.4, -0.2) is 33.9 Å². The van der Waals surface area contributed by atoms with E-state index in [0.717, 1.165) is 5.56 Å². The molecule has 1 aliphatic rings. The lowest BCUT2D eigenvalue weighted by Crippen LogP contribution is -2.54. The third-order valence-electron chi connectivity index (χ3n) is 5.72. The number of carboxylic acids is 2. The largest absolute Gasteiger partial charge is 0.481 e. The molecule has 0 fully saturated rings. The summed E-state index contributed by atoms with van der Waals surface area (Å²) in [6, 6.07) is 16.5. The number of halogens is 1. The lowest BCUT2D eigenvalue weighted by Gasteiger charge is -2.44. The van der Waals surface area contributed by atoms with Gasteiger partial charge < -0.3 is 10.2 Å². The number of carboxylic acid groups (broad SMARTS) is 2. The molecule has 3 rings (SSSR count). The topological polar surface area (TPSA) is 111 Å². The number of rotatable bonds is 6. The normalized spacial score (nSPS) is 25.6. The minimum Gasteiger partial charge on any atom is -0.481 e. The highest BCUT2D eigenvalue weighted by atomic mass is 35.5. The van der Waals surface area contributed by atoms with Crippen molar-refractivity contribution in [2.75, 3.05) is 0 Å². The fraction of sp³-hybridized carbons (Fsp3) is 0.250. The van der Waals surface area contributed by atoms with Crippen molar-refractivity contribution in [1.82, 2.24) is 0 Å². The summed E-state index contributed by atoms with van der Waals surface area (Å²) < 4.78 is 0. The van der Waals surface area contributed by atoms with E-state index in [0.29, 0.717) is 10.6 Å². The predicted octanol–water partition coefficient (Wildman–Crippen LogP) is 4.67. The first kappa shape index (κ1) is 22.3. The second-order valence-electron chi connectivity index (χ2n) is 7.51. The maximum atomic E-state index is 12.8. The molecule has 2 N–H and O–H groups in total. The van der Waals surface area contributed by atoms with E-state index in [1.54, 1.807) is 36.4 Å². The number of aliphatic imine (C=N–C) groups is 1. The van der Waals surface area contributed by atoms with Gasteiger partial charge in [-0.05, 0) is 36.6 Å². The molecule has 0 aromatic heterocycles. The van der Waals surface area contributed by atoms with Gasteiger partial charge in [0.05, 0.1) is 6.07 Å². The van der Waals surface area contributed by atoms with Crippen LogP contribution in [0.1, 0.15) is 30.4 Å². The Morgan fingerprint density at radius 1 is 1.19 bits per heavy atom. The van der Waals surface area contributed by atoms with Crippen molar-refractivity contribution in [3.8, 4) is 6.07 Å². The van der Waals surface area contributed by atoms with Crippen LogP contribution in [0.2, 0.25) is 5.02 Å². The second kappa shape index (κ2) is 9.15. The Hall–Kier alpha value is -3.43. The van der Waals surface area contributed by atoms with Crippen LogP contribution in [0, 0.1) is 22.7 Å². The van der Waals surface area contributed by atoms with Crippen LogP contribution < -0.4 is 0 Å². The Bertz CT molecular complexity index is 1090. The molecule has 4 unspecified atom stereocenters. The molecule has 0 bridgehead atoms. The molecule has 158 valence electrons. The Kier molecular flexibility index (Phi) is 6.57. The first-order valence-electron chi connectivity index (χ1n) is 9.68. The van der Waals surface area contributed by atoms with Gasteiger partial charge in [-0.2, -0.15) is 5.26 Å². The maximum Gasteiger partial charge on any atom is 0.313 e. The molecule has 0 saturated heterocycles. The van der Waals surface area contributed by atoms with Crippen LogP contribution in [0.15, 0.2) is 65.7 Å². The summed E-state index contributed by atoms with van der Waals surface area (Å²) in [5.41, 5.74) is -0.258. The van der Waals surface area contributed by atoms with E-state index in [-0.39, 0.29) is 12.1 Å². The molecule has 0 amide bonds. The van der Waals surface area contributed by atoms with Crippen molar-refractivity contribution in [2.45, 2.75) is 25.3 Å². The van der Waals surface area contributed by atoms with Crippen molar-refractivity contribution in [1.29, 1.82) is 5.26 Å². The Morgan fingerprint density at radius 2 is 1.90 bits per heavy atom. The molecule has 0 saturated carbocycles. The fourth-order valence-electron chi connectivity index (χ4n) is 4.29. The number of carbonyl (C=O) groups is 2. The maximum absolute atomic E-state index is 12.8. The van der Waals surface area contributed by atoms with E-state index in [2.05, 4.69) is 4.99 Å². The highest BCUT2D eigenvalue weighted by Crippen LogP contribution is 2.52. The van der Waals surface area contributed by atoms with Gasteiger partial charge in [-0.25, -0.2) is 0 Å². The number of allylic oxidation sites excluding steroid dienone is 1. The molecule has 7 heteroatoms. The first-order valence-corrected chi connectivity index (χ1v) is 10.1. The minimum atomic E-state index is -1.78. The lowest BCUT2D eigenvalue weighted by atomic mass is 9.58. The number of nitriles is 1. The molecule has 2 aromatic rings.